The van der Waals surface area contributed by atoms with E-state index >= 15 is 0 Å². The van der Waals surface area contributed by atoms with Crippen LogP contribution >= 0.6 is 0 Å². The number of hydrogen-bond acceptors (Lipinski definition) is 3. The second-order valence-electron chi connectivity index (χ2n) is 6.18. The molecule has 1 amide bonds. The molecular formula is C18H27NO3. The summed E-state index contributed by atoms with van der Waals surface area (Å²) in [5.74, 6) is 0.813. The Morgan fingerprint density at radius 1 is 1.32 bits per heavy atom. The van der Waals surface area contributed by atoms with E-state index in [1.807, 2.05) is 29.2 Å². The van der Waals surface area contributed by atoms with Crippen LogP contribution in [-0.4, -0.2) is 42.2 Å². The van der Waals surface area contributed by atoms with Gasteiger partial charge in [0.2, 0.25) is 0 Å². The summed E-state index contributed by atoms with van der Waals surface area (Å²) in [6, 6.07) is 7.42. The van der Waals surface area contributed by atoms with Crippen molar-refractivity contribution in [2.45, 2.75) is 39.5 Å². The van der Waals surface area contributed by atoms with Gasteiger partial charge < -0.3 is 14.7 Å². The minimum atomic E-state index is 0.00284. The highest BCUT2D eigenvalue weighted by molar-refractivity contribution is 5.94. The molecule has 0 aliphatic carbocycles. The summed E-state index contributed by atoms with van der Waals surface area (Å²) >= 11 is 0. The number of rotatable bonds is 6. The van der Waals surface area contributed by atoms with Crippen molar-refractivity contribution >= 4 is 5.91 Å². The molecule has 1 aliphatic rings. The highest BCUT2D eigenvalue weighted by Crippen LogP contribution is 2.34. The van der Waals surface area contributed by atoms with Crippen LogP contribution in [0.3, 0.4) is 0 Å². The SMILES string of the molecule is CCCOc1cccc(C(=O)N2CCC(CC)(CO)CC2)c1. The number of piperidine rings is 1. The van der Waals surface area contributed by atoms with Crippen molar-refractivity contribution in [2.24, 2.45) is 5.41 Å². The fraction of sp³-hybridized carbons (Fsp3) is 0.611. The van der Waals surface area contributed by atoms with E-state index in [1.54, 1.807) is 0 Å². The molecule has 0 spiro atoms. The third-order valence-corrected chi connectivity index (χ3v) is 4.75. The fourth-order valence-electron chi connectivity index (χ4n) is 2.93. The maximum Gasteiger partial charge on any atom is 0.253 e. The van der Waals surface area contributed by atoms with Gasteiger partial charge in [0.15, 0.2) is 0 Å². The van der Waals surface area contributed by atoms with Crippen LogP contribution < -0.4 is 4.74 Å². The standard InChI is InChI=1S/C18H27NO3/c1-3-12-22-16-7-5-6-15(13-16)17(21)19-10-8-18(4-2,14-20)9-11-19/h5-7,13,20H,3-4,8-12,14H2,1-2H3. The van der Waals surface area contributed by atoms with Gasteiger partial charge in [-0.05, 0) is 49.3 Å². The van der Waals surface area contributed by atoms with Gasteiger partial charge in [0.1, 0.15) is 5.75 Å². The highest BCUT2D eigenvalue weighted by Gasteiger charge is 2.34. The Balaban J connectivity index is 2.00. The molecule has 0 bridgehead atoms. The Kier molecular flexibility index (Phi) is 5.83. The van der Waals surface area contributed by atoms with E-state index in [1.165, 1.54) is 0 Å². The van der Waals surface area contributed by atoms with E-state index in [0.29, 0.717) is 25.3 Å². The summed E-state index contributed by atoms with van der Waals surface area (Å²) in [6.45, 7) is 6.48. The van der Waals surface area contributed by atoms with Crippen LogP contribution in [0.4, 0.5) is 0 Å². The molecule has 122 valence electrons. The average molecular weight is 305 g/mol. The van der Waals surface area contributed by atoms with Crippen LogP contribution in [0.25, 0.3) is 0 Å². The summed E-state index contributed by atoms with van der Waals surface area (Å²) in [7, 11) is 0. The minimum absolute atomic E-state index is 0.00284. The molecule has 1 aliphatic heterocycles. The number of benzene rings is 1. The van der Waals surface area contributed by atoms with Crippen molar-refractivity contribution in [3.63, 3.8) is 0 Å². The normalized spacial score (nSPS) is 17.3. The van der Waals surface area contributed by atoms with Gasteiger partial charge in [0.25, 0.3) is 5.91 Å². The quantitative estimate of drug-likeness (QED) is 0.878. The number of nitrogens with zero attached hydrogens (tertiary/aromatic N) is 1. The Morgan fingerprint density at radius 3 is 2.64 bits per heavy atom. The van der Waals surface area contributed by atoms with E-state index in [4.69, 9.17) is 4.74 Å². The number of carbonyl (C=O) groups excluding carboxylic acids is 1. The third kappa shape index (κ3) is 3.80. The van der Waals surface area contributed by atoms with E-state index in [9.17, 15) is 9.90 Å². The number of amides is 1. The van der Waals surface area contributed by atoms with Crippen molar-refractivity contribution in [3.8, 4) is 5.75 Å². The Bertz CT molecular complexity index is 487. The summed E-state index contributed by atoms with van der Waals surface area (Å²) < 4.78 is 5.60. The zero-order chi connectivity index (χ0) is 16.0. The predicted octanol–water partition coefficient (Wildman–Crippen LogP) is 3.10. The van der Waals surface area contributed by atoms with Crippen LogP contribution in [-0.2, 0) is 0 Å². The lowest BCUT2D eigenvalue weighted by Crippen LogP contribution is -2.44. The largest absolute Gasteiger partial charge is 0.494 e. The number of likely N-dealkylation sites (tertiary alicyclic amines) is 1. The number of hydrogen-bond donors (Lipinski definition) is 1. The van der Waals surface area contributed by atoms with Gasteiger partial charge >= 0.3 is 0 Å². The van der Waals surface area contributed by atoms with Gasteiger partial charge in [-0.25, -0.2) is 0 Å². The van der Waals surface area contributed by atoms with Crippen LogP contribution in [0.15, 0.2) is 24.3 Å². The summed E-state index contributed by atoms with van der Waals surface area (Å²) in [4.78, 5) is 14.5. The minimum Gasteiger partial charge on any atom is -0.494 e. The maximum absolute atomic E-state index is 12.6. The predicted molar refractivity (Wildman–Crippen MR) is 87.2 cm³/mol. The molecule has 1 N–H and O–H groups in total. The van der Waals surface area contributed by atoms with Gasteiger partial charge in [-0.1, -0.05) is 19.9 Å². The first-order chi connectivity index (χ1) is 10.6. The summed E-state index contributed by atoms with van der Waals surface area (Å²) in [6.07, 6.45) is 3.66. The van der Waals surface area contributed by atoms with Crippen molar-refractivity contribution in [3.05, 3.63) is 29.8 Å². The monoisotopic (exact) mass is 305 g/mol. The van der Waals surface area contributed by atoms with E-state index in [0.717, 1.165) is 31.4 Å². The smallest absolute Gasteiger partial charge is 0.253 e. The van der Waals surface area contributed by atoms with Gasteiger partial charge in [-0.15, -0.1) is 0 Å². The highest BCUT2D eigenvalue weighted by atomic mass is 16.5. The Labute approximate surface area is 133 Å². The number of ether oxygens (including phenoxy) is 1. The molecular weight excluding hydrogens is 278 g/mol. The zero-order valence-corrected chi connectivity index (χ0v) is 13.7. The zero-order valence-electron chi connectivity index (χ0n) is 13.7. The molecule has 4 nitrogen and oxygen atoms in total. The molecule has 1 heterocycles. The van der Waals surface area contributed by atoms with Crippen LogP contribution in [0.2, 0.25) is 0 Å². The molecule has 22 heavy (non-hydrogen) atoms. The molecule has 1 fully saturated rings. The number of carbonyl (C=O) groups is 1. The lowest BCUT2D eigenvalue weighted by Gasteiger charge is -2.40. The number of aliphatic hydroxyl groups is 1. The van der Waals surface area contributed by atoms with Crippen molar-refractivity contribution < 1.29 is 14.6 Å². The second kappa shape index (κ2) is 7.63. The lowest BCUT2D eigenvalue weighted by atomic mass is 9.77. The van der Waals surface area contributed by atoms with Crippen molar-refractivity contribution in [1.82, 2.24) is 4.90 Å². The molecule has 0 atom stereocenters. The molecule has 0 radical (unpaired) electrons. The third-order valence-electron chi connectivity index (χ3n) is 4.75. The molecule has 0 aromatic heterocycles. The maximum atomic E-state index is 12.6. The first-order valence-corrected chi connectivity index (χ1v) is 8.27. The first kappa shape index (κ1) is 16.8. The lowest BCUT2D eigenvalue weighted by molar-refractivity contribution is 0.0338. The van der Waals surface area contributed by atoms with Gasteiger partial charge in [0.05, 0.1) is 6.61 Å². The topological polar surface area (TPSA) is 49.8 Å². The fourth-order valence-corrected chi connectivity index (χ4v) is 2.93. The molecule has 4 heteroatoms. The summed E-state index contributed by atoms with van der Waals surface area (Å²) in [5.41, 5.74) is 0.685. The molecule has 1 aromatic carbocycles. The van der Waals surface area contributed by atoms with Crippen molar-refractivity contribution in [2.75, 3.05) is 26.3 Å². The van der Waals surface area contributed by atoms with Gasteiger partial charge in [-0.2, -0.15) is 0 Å². The molecule has 1 saturated heterocycles. The van der Waals surface area contributed by atoms with E-state index in [2.05, 4.69) is 13.8 Å². The van der Waals surface area contributed by atoms with Gasteiger partial charge in [0, 0.05) is 25.3 Å². The molecule has 2 rings (SSSR count). The Morgan fingerprint density at radius 2 is 2.05 bits per heavy atom. The first-order valence-electron chi connectivity index (χ1n) is 8.27. The van der Waals surface area contributed by atoms with Crippen molar-refractivity contribution in [1.29, 1.82) is 0 Å². The molecule has 1 aromatic rings. The van der Waals surface area contributed by atoms with Gasteiger partial charge in [-0.3, -0.25) is 4.79 Å². The molecule has 0 unspecified atom stereocenters. The molecule has 0 saturated carbocycles. The summed E-state index contributed by atoms with van der Waals surface area (Å²) in [5, 5.41) is 9.58. The van der Waals surface area contributed by atoms with E-state index in [-0.39, 0.29) is 17.9 Å². The van der Waals surface area contributed by atoms with Crippen LogP contribution in [0.1, 0.15) is 49.9 Å². The number of aliphatic hydroxyl groups excluding tert-OH is 1. The Hall–Kier alpha value is -1.55. The average Bonchev–Trinajstić information content (AvgIpc) is 2.59. The van der Waals surface area contributed by atoms with E-state index < -0.39 is 0 Å². The van der Waals surface area contributed by atoms with Crippen LogP contribution in [0.5, 0.6) is 5.75 Å². The van der Waals surface area contributed by atoms with Crippen LogP contribution in [0, 0.1) is 5.41 Å². The second-order valence-corrected chi connectivity index (χ2v) is 6.18.